The van der Waals surface area contributed by atoms with Crippen molar-refractivity contribution in [1.29, 1.82) is 0 Å². The van der Waals surface area contributed by atoms with E-state index in [0.717, 1.165) is 11.1 Å². The number of hydrogen-bond donors (Lipinski definition) is 3. The van der Waals surface area contributed by atoms with Gasteiger partial charge in [0.1, 0.15) is 5.75 Å². The van der Waals surface area contributed by atoms with E-state index in [2.05, 4.69) is 5.32 Å². The van der Waals surface area contributed by atoms with Crippen molar-refractivity contribution in [2.24, 2.45) is 0 Å². The molecule has 0 fully saturated rings. The van der Waals surface area contributed by atoms with E-state index in [4.69, 9.17) is 0 Å². The second kappa shape index (κ2) is 9.08. The van der Waals surface area contributed by atoms with Crippen molar-refractivity contribution in [3.63, 3.8) is 0 Å². The lowest BCUT2D eigenvalue weighted by molar-refractivity contribution is -0.121. The van der Waals surface area contributed by atoms with Crippen molar-refractivity contribution in [3.8, 4) is 5.75 Å². The average Bonchev–Trinajstić information content (AvgIpc) is 2.58. The number of carbonyl (C=O) groups is 1. The topological polar surface area (TPSA) is 69.6 Å². The second-order valence-electron chi connectivity index (χ2n) is 6.13. The molecule has 2 aromatic rings. The summed E-state index contributed by atoms with van der Waals surface area (Å²) >= 11 is 0. The predicted octanol–water partition coefficient (Wildman–Crippen LogP) is 3.00. The van der Waals surface area contributed by atoms with Gasteiger partial charge >= 0.3 is 0 Å². The first kappa shape index (κ1) is 18.0. The van der Waals surface area contributed by atoms with E-state index in [-0.39, 0.29) is 17.6 Å². The number of aliphatic hydroxyl groups excluding tert-OH is 1. The molecule has 0 radical (unpaired) electrons. The summed E-state index contributed by atoms with van der Waals surface area (Å²) in [5.41, 5.74) is 1.88. The molecule has 0 aliphatic carbocycles. The van der Waals surface area contributed by atoms with Crippen molar-refractivity contribution in [1.82, 2.24) is 5.32 Å². The van der Waals surface area contributed by atoms with Gasteiger partial charge in [0.25, 0.3) is 0 Å². The van der Waals surface area contributed by atoms with E-state index in [1.807, 2.05) is 42.5 Å². The van der Waals surface area contributed by atoms with Gasteiger partial charge in [0, 0.05) is 18.9 Å². The van der Waals surface area contributed by atoms with E-state index in [9.17, 15) is 15.0 Å². The third-order valence-corrected chi connectivity index (χ3v) is 4.06. The number of aliphatic hydroxyl groups is 1. The Hall–Kier alpha value is -2.33. The summed E-state index contributed by atoms with van der Waals surface area (Å²) in [6, 6.07) is 17.0. The van der Waals surface area contributed by atoms with Crippen molar-refractivity contribution < 1.29 is 15.0 Å². The van der Waals surface area contributed by atoms with Crippen LogP contribution in [-0.4, -0.2) is 28.8 Å². The summed E-state index contributed by atoms with van der Waals surface area (Å²) in [7, 11) is 0. The van der Waals surface area contributed by atoms with Crippen molar-refractivity contribution >= 4 is 5.91 Å². The van der Waals surface area contributed by atoms with Crippen LogP contribution in [0.15, 0.2) is 54.6 Å². The lowest BCUT2D eigenvalue weighted by Crippen LogP contribution is -2.29. The van der Waals surface area contributed by atoms with Gasteiger partial charge in [0.05, 0.1) is 6.10 Å². The second-order valence-corrected chi connectivity index (χ2v) is 6.13. The summed E-state index contributed by atoms with van der Waals surface area (Å²) in [5, 5.41) is 22.4. The fourth-order valence-electron chi connectivity index (χ4n) is 2.77. The Bertz CT molecular complexity index is 640. The van der Waals surface area contributed by atoms with Crippen LogP contribution in [0.2, 0.25) is 0 Å². The maximum atomic E-state index is 12.1. The van der Waals surface area contributed by atoms with E-state index in [1.165, 1.54) is 0 Å². The minimum Gasteiger partial charge on any atom is -0.508 e. The van der Waals surface area contributed by atoms with Crippen molar-refractivity contribution in [3.05, 3.63) is 65.7 Å². The summed E-state index contributed by atoms with van der Waals surface area (Å²) in [5.74, 6) is 0.256. The highest BCUT2D eigenvalue weighted by molar-refractivity contribution is 5.76. The highest BCUT2D eigenvalue weighted by Crippen LogP contribution is 2.21. The first-order valence-corrected chi connectivity index (χ1v) is 8.33. The maximum absolute atomic E-state index is 12.1. The number of nitrogens with one attached hydrogen (secondary N) is 1. The summed E-state index contributed by atoms with van der Waals surface area (Å²) in [6.07, 6.45) is 1.01. The Kier molecular flexibility index (Phi) is 6.82. The maximum Gasteiger partial charge on any atom is 0.220 e. The van der Waals surface area contributed by atoms with Crippen LogP contribution >= 0.6 is 0 Å². The Morgan fingerprint density at radius 1 is 1.08 bits per heavy atom. The number of aryl methyl sites for hydroxylation is 1. The Balaban J connectivity index is 1.87. The van der Waals surface area contributed by atoms with Gasteiger partial charge in [-0.2, -0.15) is 0 Å². The standard InChI is InChI=1S/C20H25NO3/c1-15(22)13-18(16-7-3-2-4-8-16)14-21-20(24)12-11-17-9-5-6-10-19(17)23/h2-10,15,18,22-23H,11-14H2,1H3,(H,21,24). The lowest BCUT2D eigenvalue weighted by atomic mass is 9.93. The zero-order valence-electron chi connectivity index (χ0n) is 14.0. The molecular weight excluding hydrogens is 302 g/mol. The van der Waals surface area contributed by atoms with Crippen LogP contribution < -0.4 is 5.32 Å². The minimum absolute atomic E-state index is 0.0511. The molecular formula is C20H25NO3. The fraction of sp³-hybridized carbons (Fsp3) is 0.350. The average molecular weight is 327 g/mol. The highest BCUT2D eigenvalue weighted by Gasteiger charge is 2.15. The molecule has 2 atom stereocenters. The van der Waals surface area contributed by atoms with Crippen LogP contribution in [0.3, 0.4) is 0 Å². The molecule has 0 heterocycles. The molecule has 0 spiro atoms. The van der Waals surface area contributed by atoms with Gasteiger partial charge < -0.3 is 15.5 Å². The third kappa shape index (κ3) is 5.70. The number of phenols is 1. The number of carbonyl (C=O) groups excluding carboxylic acids is 1. The highest BCUT2D eigenvalue weighted by atomic mass is 16.3. The van der Waals surface area contributed by atoms with Gasteiger partial charge in [0.2, 0.25) is 5.91 Å². The molecule has 4 heteroatoms. The summed E-state index contributed by atoms with van der Waals surface area (Å²) in [4.78, 5) is 12.1. The zero-order valence-corrected chi connectivity index (χ0v) is 14.0. The number of aromatic hydroxyl groups is 1. The molecule has 2 unspecified atom stereocenters. The van der Waals surface area contributed by atoms with Crippen LogP contribution in [0.4, 0.5) is 0 Å². The van der Waals surface area contributed by atoms with Gasteiger partial charge in [-0.25, -0.2) is 0 Å². The fourth-order valence-corrected chi connectivity index (χ4v) is 2.77. The molecule has 2 aromatic carbocycles. The number of amides is 1. The van der Waals surface area contributed by atoms with Gasteiger partial charge in [-0.1, -0.05) is 48.5 Å². The molecule has 0 aliphatic heterocycles. The number of hydrogen-bond acceptors (Lipinski definition) is 3. The van der Waals surface area contributed by atoms with Gasteiger partial charge in [-0.15, -0.1) is 0 Å². The van der Waals surface area contributed by atoms with Crippen molar-refractivity contribution in [2.75, 3.05) is 6.54 Å². The molecule has 0 saturated heterocycles. The summed E-state index contributed by atoms with van der Waals surface area (Å²) in [6.45, 7) is 2.25. The van der Waals surface area contributed by atoms with E-state index < -0.39 is 6.10 Å². The monoisotopic (exact) mass is 327 g/mol. The third-order valence-electron chi connectivity index (χ3n) is 4.06. The normalized spacial score (nSPS) is 13.2. The smallest absolute Gasteiger partial charge is 0.220 e. The van der Waals surface area contributed by atoms with Crippen LogP contribution in [0.25, 0.3) is 0 Å². The van der Waals surface area contributed by atoms with Crippen LogP contribution in [-0.2, 0) is 11.2 Å². The Morgan fingerprint density at radius 2 is 1.75 bits per heavy atom. The van der Waals surface area contributed by atoms with Gasteiger partial charge in [0.15, 0.2) is 0 Å². The first-order chi connectivity index (χ1) is 11.6. The molecule has 2 rings (SSSR count). The molecule has 4 nitrogen and oxygen atoms in total. The quantitative estimate of drug-likeness (QED) is 0.698. The molecule has 24 heavy (non-hydrogen) atoms. The molecule has 128 valence electrons. The Labute approximate surface area is 143 Å². The molecule has 0 saturated carbocycles. The lowest BCUT2D eigenvalue weighted by Gasteiger charge is -2.19. The van der Waals surface area contributed by atoms with E-state index in [0.29, 0.717) is 25.8 Å². The van der Waals surface area contributed by atoms with Crippen LogP contribution in [0.1, 0.15) is 36.8 Å². The van der Waals surface area contributed by atoms with Crippen molar-refractivity contribution in [2.45, 2.75) is 38.2 Å². The first-order valence-electron chi connectivity index (χ1n) is 8.33. The Morgan fingerprint density at radius 3 is 2.42 bits per heavy atom. The summed E-state index contributed by atoms with van der Waals surface area (Å²) < 4.78 is 0. The van der Waals surface area contributed by atoms with Gasteiger partial charge in [-0.05, 0) is 37.0 Å². The molecule has 0 aromatic heterocycles. The van der Waals surface area contributed by atoms with E-state index >= 15 is 0 Å². The largest absolute Gasteiger partial charge is 0.508 e. The number of rotatable bonds is 8. The van der Waals surface area contributed by atoms with Crippen LogP contribution in [0, 0.1) is 0 Å². The number of para-hydroxylation sites is 1. The minimum atomic E-state index is -0.423. The van der Waals surface area contributed by atoms with E-state index in [1.54, 1.807) is 19.1 Å². The number of phenolic OH excluding ortho intramolecular Hbond substituents is 1. The van der Waals surface area contributed by atoms with Crippen LogP contribution in [0.5, 0.6) is 5.75 Å². The number of benzene rings is 2. The molecule has 1 amide bonds. The van der Waals surface area contributed by atoms with Gasteiger partial charge in [-0.3, -0.25) is 4.79 Å². The SMILES string of the molecule is CC(O)CC(CNC(=O)CCc1ccccc1O)c1ccccc1. The molecule has 0 aliphatic rings. The predicted molar refractivity (Wildman–Crippen MR) is 94.9 cm³/mol. The molecule has 0 bridgehead atoms. The molecule has 3 N–H and O–H groups in total. The zero-order chi connectivity index (χ0) is 17.4.